The molecule has 0 unspecified atom stereocenters. The summed E-state index contributed by atoms with van der Waals surface area (Å²) in [7, 11) is 0. The fourth-order valence-corrected chi connectivity index (χ4v) is 7.22. The molecule has 0 spiro atoms. The number of rotatable bonds is 49. The van der Waals surface area contributed by atoms with Gasteiger partial charge in [-0.05, 0) is 128 Å². The third-order valence-electron chi connectivity index (χ3n) is 11.4. The monoisotopic (exact) mass is 955 g/mol. The third-order valence-corrected chi connectivity index (χ3v) is 11.4. The van der Waals surface area contributed by atoms with Gasteiger partial charge in [-0.1, -0.05) is 213 Å². The molecule has 0 bridgehead atoms. The number of allylic oxidation sites excluding steroid dienone is 20. The predicted octanol–water partition coefficient (Wildman–Crippen LogP) is 18.9. The second-order valence-electron chi connectivity index (χ2n) is 18.1. The predicted molar refractivity (Wildman–Crippen MR) is 297 cm³/mol. The van der Waals surface area contributed by atoms with Crippen molar-refractivity contribution < 1.29 is 28.6 Å². The molecule has 1 atom stereocenters. The number of carbonyl (C=O) groups is 3. The van der Waals surface area contributed by atoms with Crippen LogP contribution in [0.3, 0.4) is 0 Å². The summed E-state index contributed by atoms with van der Waals surface area (Å²) >= 11 is 0. The van der Waals surface area contributed by atoms with E-state index < -0.39 is 6.10 Å². The molecule has 69 heavy (non-hydrogen) atoms. The maximum atomic E-state index is 12.8. The topological polar surface area (TPSA) is 78.9 Å². The molecule has 0 aromatic rings. The van der Waals surface area contributed by atoms with Crippen LogP contribution >= 0.6 is 0 Å². The molecule has 0 aromatic carbocycles. The average Bonchev–Trinajstić information content (AvgIpc) is 3.35. The minimum atomic E-state index is -0.825. The zero-order valence-electron chi connectivity index (χ0n) is 44.5. The number of esters is 3. The maximum Gasteiger partial charge on any atom is 0.306 e. The Kier molecular flexibility index (Phi) is 53.0. The molecular weight excluding hydrogens is 853 g/mol. The van der Waals surface area contributed by atoms with Crippen LogP contribution in [-0.4, -0.2) is 37.2 Å². The fourth-order valence-electron chi connectivity index (χ4n) is 7.22. The van der Waals surface area contributed by atoms with E-state index in [0.29, 0.717) is 19.3 Å². The lowest BCUT2D eigenvalue weighted by Crippen LogP contribution is -2.30. The van der Waals surface area contributed by atoms with Crippen LogP contribution in [0.15, 0.2) is 122 Å². The fraction of sp³-hybridized carbons (Fsp3) is 0.635. The van der Waals surface area contributed by atoms with Crippen LogP contribution in [0.5, 0.6) is 0 Å². The van der Waals surface area contributed by atoms with E-state index in [-0.39, 0.29) is 44.0 Å². The van der Waals surface area contributed by atoms with Crippen LogP contribution in [0.1, 0.15) is 239 Å². The van der Waals surface area contributed by atoms with Gasteiger partial charge in [0.2, 0.25) is 0 Å². The Labute approximate surface area is 424 Å². The maximum absolute atomic E-state index is 12.8. The van der Waals surface area contributed by atoms with Gasteiger partial charge in [-0.25, -0.2) is 0 Å². The van der Waals surface area contributed by atoms with Crippen LogP contribution in [0.2, 0.25) is 0 Å². The van der Waals surface area contributed by atoms with Gasteiger partial charge in [0.05, 0.1) is 0 Å². The van der Waals surface area contributed by atoms with Crippen LogP contribution in [0, 0.1) is 0 Å². The van der Waals surface area contributed by atoms with E-state index in [0.717, 1.165) is 109 Å². The molecule has 0 fully saturated rings. The first-order chi connectivity index (χ1) is 34.0. The molecule has 0 aromatic heterocycles. The van der Waals surface area contributed by atoms with Crippen molar-refractivity contribution in [2.24, 2.45) is 0 Å². The van der Waals surface area contributed by atoms with Crippen molar-refractivity contribution in [2.75, 3.05) is 13.2 Å². The summed E-state index contributed by atoms with van der Waals surface area (Å²) in [5.74, 6) is -1.02. The normalized spacial score (nSPS) is 13.0. The van der Waals surface area contributed by atoms with Crippen LogP contribution in [0.25, 0.3) is 0 Å². The van der Waals surface area contributed by atoms with Crippen LogP contribution in [0.4, 0.5) is 0 Å². The first kappa shape index (κ1) is 64.8. The van der Waals surface area contributed by atoms with Gasteiger partial charge in [0.15, 0.2) is 6.10 Å². The first-order valence-electron chi connectivity index (χ1n) is 28.0. The molecule has 390 valence electrons. The highest BCUT2D eigenvalue weighted by Gasteiger charge is 2.19. The summed E-state index contributed by atoms with van der Waals surface area (Å²) in [6.07, 6.45) is 77.6. The third kappa shape index (κ3) is 54.6. The second-order valence-corrected chi connectivity index (χ2v) is 18.1. The molecular formula is C63H102O6. The summed E-state index contributed by atoms with van der Waals surface area (Å²) < 4.78 is 16.8. The van der Waals surface area contributed by atoms with E-state index in [4.69, 9.17) is 14.2 Å². The highest BCUT2D eigenvalue weighted by atomic mass is 16.6. The summed E-state index contributed by atoms with van der Waals surface area (Å²) in [6.45, 7) is 6.40. The molecule has 0 saturated carbocycles. The number of carbonyl (C=O) groups excluding carboxylic acids is 3. The van der Waals surface area contributed by atoms with Crippen molar-refractivity contribution in [3.8, 4) is 0 Å². The largest absolute Gasteiger partial charge is 0.462 e. The highest BCUT2D eigenvalue weighted by Crippen LogP contribution is 2.13. The Bertz CT molecular complexity index is 1470. The Balaban J connectivity index is 4.57. The summed E-state index contributed by atoms with van der Waals surface area (Å²) in [5.41, 5.74) is 0. The van der Waals surface area contributed by atoms with E-state index >= 15 is 0 Å². The van der Waals surface area contributed by atoms with Crippen molar-refractivity contribution in [3.63, 3.8) is 0 Å². The number of hydrogen-bond acceptors (Lipinski definition) is 6. The van der Waals surface area contributed by atoms with Gasteiger partial charge < -0.3 is 14.2 Å². The molecule has 6 heteroatoms. The molecule has 0 radical (unpaired) electrons. The molecule has 0 aliphatic carbocycles. The highest BCUT2D eigenvalue weighted by molar-refractivity contribution is 5.71. The van der Waals surface area contributed by atoms with Gasteiger partial charge in [-0.15, -0.1) is 0 Å². The zero-order valence-corrected chi connectivity index (χ0v) is 44.5. The molecule has 0 saturated heterocycles. The summed E-state index contributed by atoms with van der Waals surface area (Å²) in [5, 5.41) is 0. The van der Waals surface area contributed by atoms with E-state index in [2.05, 4.69) is 142 Å². The van der Waals surface area contributed by atoms with E-state index in [1.807, 2.05) is 0 Å². The average molecular weight is 956 g/mol. The lowest BCUT2D eigenvalue weighted by Gasteiger charge is -2.18. The van der Waals surface area contributed by atoms with Crippen LogP contribution < -0.4 is 0 Å². The smallest absolute Gasteiger partial charge is 0.306 e. The minimum Gasteiger partial charge on any atom is -0.462 e. The SMILES string of the molecule is CC/C=C\C/C=C\C/C=C\C/C=C\C/C=C\CCCC(=O)OC[C@H](COC(=O)CCCCCCC/C=C\CCCCCCCC)OC(=O)CCCCC/C=C\C/C=C\C/C=C\C/C=C\CCCCC. The number of ether oxygens (including phenoxy) is 3. The van der Waals surface area contributed by atoms with Gasteiger partial charge in [0.1, 0.15) is 13.2 Å². The van der Waals surface area contributed by atoms with E-state index in [1.54, 1.807) is 0 Å². The molecule has 0 rings (SSSR count). The molecule has 0 aliphatic rings. The van der Waals surface area contributed by atoms with Gasteiger partial charge in [0.25, 0.3) is 0 Å². The molecule has 0 heterocycles. The van der Waals surface area contributed by atoms with Gasteiger partial charge >= 0.3 is 17.9 Å². The quantitative estimate of drug-likeness (QED) is 0.0262. The minimum absolute atomic E-state index is 0.116. The van der Waals surface area contributed by atoms with Crippen LogP contribution in [-0.2, 0) is 28.6 Å². The molecule has 0 N–H and O–H groups in total. The van der Waals surface area contributed by atoms with E-state index in [9.17, 15) is 14.4 Å². The Morgan fingerprint density at radius 2 is 0.580 bits per heavy atom. The van der Waals surface area contributed by atoms with Gasteiger partial charge in [0, 0.05) is 19.3 Å². The molecule has 0 amide bonds. The second kappa shape index (κ2) is 56.4. The lowest BCUT2D eigenvalue weighted by molar-refractivity contribution is -0.167. The van der Waals surface area contributed by atoms with Crippen molar-refractivity contribution in [1.82, 2.24) is 0 Å². The van der Waals surface area contributed by atoms with Gasteiger partial charge in [-0.3, -0.25) is 14.4 Å². The van der Waals surface area contributed by atoms with Crippen molar-refractivity contribution in [1.29, 1.82) is 0 Å². The zero-order chi connectivity index (χ0) is 50.0. The number of unbranched alkanes of at least 4 members (excludes halogenated alkanes) is 18. The Morgan fingerprint density at radius 1 is 0.304 bits per heavy atom. The Hall–Kier alpha value is -4.19. The first-order valence-corrected chi connectivity index (χ1v) is 28.0. The summed E-state index contributed by atoms with van der Waals surface area (Å²) in [6, 6.07) is 0. The van der Waals surface area contributed by atoms with Gasteiger partial charge in [-0.2, -0.15) is 0 Å². The van der Waals surface area contributed by atoms with Crippen molar-refractivity contribution in [2.45, 2.75) is 245 Å². The molecule has 6 nitrogen and oxygen atoms in total. The summed E-state index contributed by atoms with van der Waals surface area (Å²) in [4.78, 5) is 38.1. The number of hydrogen-bond donors (Lipinski definition) is 0. The van der Waals surface area contributed by atoms with Crippen molar-refractivity contribution in [3.05, 3.63) is 122 Å². The lowest BCUT2D eigenvalue weighted by atomic mass is 10.1. The van der Waals surface area contributed by atoms with E-state index in [1.165, 1.54) is 77.0 Å². The Morgan fingerprint density at radius 3 is 1.00 bits per heavy atom. The molecule has 0 aliphatic heterocycles. The van der Waals surface area contributed by atoms with Crippen molar-refractivity contribution >= 4 is 17.9 Å². The standard InChI is InChI=1S/C63H102O6/c1-4-7-10-13-16-19-22-25-28-30-31-33-36-39-42-45-48-51-54-57-63(66)69-60(58-67-61(64)55-52-49-46-43-40-37-34-27-24-21-18-15-12-9-6-3)59-68-62(65)56-53-50-47-44-41-38-35-32-29-26-23-20-17-14-11-8-5-2/h8,11,16-17,19-20,25-29,31,33-35,38-39,42,44,47,60H,4-7,9-10,12-15,18,21-24,30,32,36-37,40-41,43,45-46,48-59H2,1-3H3/b11-8-,19-16-,20-17-,28-25-,29-26-,33-31-,34-27-,38-35-,42-39-,47-44-/t60-/m0/s1.